The minimum absolute atomic E-state index is 0.0124. The molecule has 0 aliphatic heterocycles. The van der Waals surface area contributed by atoms with Crippen molar-refractivity contribution in [3.8, 4) is 0 Å². The molecule has 0 heterocycles. The van der Waals surface area contributed by atoms with Crippen LogP contribution < -0.4 is 10.6 Å². The van der Waals surface area contributed by atoms with Gasteiger partial charge >= 0.3 is 5.97 Å². The molecule has 6 nitrogen and oxygen atoms in total. The van der Waals surface area contributed by atoms with E-state index in [1.807, 2.05) is 44.2 Å². The number of carbonyl (C=O) groups excluding carboxylic acids is 3. The minimum Gasteiger partial charge on any atom is -0.456 e. The van der Waals surface area contributed by atoms with Gasteiger partial charge in [0, 0.05) is 22.3 Å². The van der Waals surface area contributed by atoms with E-state index in [9.17, 15) is 14.4 Å². The molecule has 2 N–H and O–H groups in total. The fourth-order valence-corrected chi connectivity index (χ4v) is 2.93. The summed E-state index contributed by atoms with van der Waals surface area (Å²) in [4.78, 5) is 35.8. The smallest absolute Gasteiger partial charge is 0.306 e. The summed E-state index contributed by atoms with van der Waals surface area (Å²) in [6.45, 7) is 3.48. The zero-order valence-electron chi connectivity index (χ0n) is 15.9. The van der Waals surface area contributed by atoms with Gasteiger partial charge in [-0.25, -0.2) is 0 Å². The van der Waals surface area contributed by atoms with E-state index in [0.717, 1.165) is 22.0 Å². The van der Waals surface area contributed by atoms with E-state index in [4.69, 9.17) is 4.74 Å². The van der Waals surface area contributed by atoms with Gasteiger partial charge in [-0.05, 0) is 48.7 Å². The summed E-state index contributed by atoms with van der Waals surface area (Å²) in [5.74, 6) is -1.30. The molecule has 2 rings (SSSR count). The summed E-state index contributed by atoms with van der Waals surface area (Å²) < 4.78 is 5.89. The van der Waals surface area contributed by atoms with Gasteiger partial charge in [-0.3, -0.25) is 14.4 Å². The molecule has 0 fully saturated rings. The molecule has 0 saturated carbocycles. The number of hydrogen-bond donors (Lipinski definition) is 2. The fraction of sp³-hybridized carbons (Fsp3) is 0.286. The van der Waals surface area contributed by atoms with Crippen LogP contribution in [0.25, 0.3) is 0 Å². The zero-order chi connectivity index (χ0) is 20.5. The first-order valence-electron chi connectivity index (χ1n) is 8.98. The normalized spacial score (nSPS) is 10.2. The lowest BCUT2D eigenvalue weighted by Crippen LogP contribution is -2.22. The molecular weight excluding hydrogens is 424 g/mol. The number of hydrogen-bond acceptors (Lipinski definition) is 4. The van der Waals surface area contributed by atoms with Crippen molar-refractivity contribution >= 4 is 45.1 Å². The first kappa shape index (κ1) is 21.6. The number of rotatable bonds is 8. The highest BCUT2D eigenvalue weighted by molar-refractivity contribution is 9.10. The van der Waals surface area contributed by atoms with Crippen LogP contribution in [-0.4, -0.2) is 24.4 Å². The number of aryl methyl sites for hydroxylation is 2. The zero-order valence-corrected chi connectivity index (χ0v) is 17.5. The van der Waals surface area contributed by atoms with Crippen LogP contribution in [0.2, 0.25) is 0 Å². The van der Waals surface area contributed by atoms with Crippen molar-refractivity contribution in [2.45, 2.75) is 33.1 Å². The summed E-state index contributed by atoms with van der Waals surface area (Å²) in [6, 6.07) is 12.9. The number of carbonyl (C=O) groups is 3. The average molecular weight is 447 g/mol. The molecular formula is C21H23BrN2O4. The second kappa shape index (κ2) is 10.6. The van der Waals surface area contributed by atoms with Crippen LogP contribution in [0, 0.1) is 6.92 Å². The van der Waals surface area contributed by atoms with E-state index < -0.39 is 18.5 Å². The Kier molecular flexibility index (Phi) is 8.19. The molecule has 0 aromatic heterocycles. The van der Waals surface area contributed by atoms with E-state index in [2.05, 4.69) is 26.6 Å². The predicted octanol–water partition coefficient (Wildman–Crippen LogP) is 4.22. The van der Waals surface area contributed by atoms with Crippen molar-refractivity contribution in [2.24, 2.45) is 0 Å². The summed E-state index contributed by atoms with van der Waals surface area (Å²) >= 11 is 3.39. The molecule has 148 valence electrons. The van der Waals surface area contributed by atoms with E-state index in [0.29, 0.717) is 11.4 Å². The van der Waals surface area contributed by atoms with Gasteiger partial charge in [0.1, 0.15) is 0 Å². The molecule has 0 unspecified atom stereocenters. The van der Waals surface area contributed by atoms with Gasteiger partial charge in [0.15, 0.2) is 6.61 Å². The predicted molar refractivity (Wildman–Crippen MR) is 112 cm³/mol. The van der Waals surface area contributed by atoms with Crippen molar-refractivity contribution in [2.75, 3.05) is 17.2 Å². The molecule has 2 aromatic carbocycles. The molecule has 0 atom stereocenters. The van der Waals surface area contributed by atoms with Crippen LogP contribution in [-0.2, 0) is 25.5 Å². The average Bonchev–Trinajstić information content (AvgIpc) is 2.68. The fourth-order valence-electron chi connectivity index (χ4n) is 2.52. The molecule has 0 aliphatic rings. The maximum absolute atomic E-state index is 12.0. The van der Waals surface area contributed by atoms with Crippen LogP contribution in [0.5, 0.6) is 0 Å². The van der Waals surface area contributed by atoms with Gasteiger partial charge in [0.05, 0.1) is 6.42 Å². The summed E-state index contributed by atoms with van der Waals surface area (Å²) in [7, 11) is 0. The molecule has 7 heteroatoms. The molecule has 2 amide bonds. The highest BCUT2D eigenvalue weighted by Crippen LogP contribution is 2.21. The molecule has 2 aromatic rings. The largest absolute Gasteiger partial charge is 0.456 e. The molecule has 0 spiro atoms. The maximum atomic E-state index is 12.0. The van der Waals surface area contributed by atoms with Crippen molar-refractivity contribution < 1.29 is 19.1 Å². The van der Waals surface area contributed by atoms with Gasteiger partial charge in [0.25, 0.3) is 5.91 Å². The number of para-hydroxylation sites is 1. The Hall–Kier alpha value is -2.67. The van der Waals surface area contributed by atoms with Gasteiger partial charge in [0.2, 0.25) is 5.91 Å². The number of anilines is 2. The van der Waals surface area contributed by atoms with E-state index in [1.165, 1.54) is 0 Å². The second-order valence-electron chi connectivity index (χ2n) is 6.23. The second-order valence-corrected chi connectivity index (χ2v) is 7.14. The number of amides is 2. The monoisotopic (exact) mass is 446 g/mol. The maximum Gasteiger partial charge on any atom is 0.306 e. The lowest BCUT2D eigenvalue weighted by atomic mass is 10.1. The number of halogens is 1. The van der Waals surface area contributed by atoms with Crippen LogP contribution in [0.1, 0.15) is 30.9 Å². The highest BCUT2D eigenvalue weighted by Gasteiger charge is 2.12. The van der Waals surface area contributed by atoms with Crippen molar-refractivity contribution in [3.05, 3.63) is 58.1 Å². The van der Waals surface area contributed by atoms with Crippen LogP contribution >= 0.6 is 15.9 Å². The highest BCUT2D eigenvalue weighted by atomic mass is 79.9. The van der Waals surface area contributed by atoms with Gasteiger partial charge < -0.3 is 15.4 Å². The third kappa shape index (κ3) is 6.81. The van der Waals surface area contributed by atoms with Crippen LogP contribution in [0.15, 0.2) is 46.9 Å². The molecule has 0 aliphatic carbocycles. The Labute approximate surface area is 172 Å². The van der Waals surface area contributed by atoms with E-state index in [1.54, 1.807) is 12.1 Å². The summed E-state index contributed by atoms with van der Waals surface area (Å²) in [5.41, 5.74) is 3.31. The third-order valence-electron chi connectivity index (χ3n) is 4.06. The number of benzene rings is 2. The molecule has 0 radical (unpaired) electrons. The van der Waals surface area contributed by atoms with E-state index in [-0.39, 0.29) is 18.7 Å². The Morgan fingerprint density at radius 1 is 0.964 bits per heavy atom. The minimum atomic E-state index is -0.596. The Morgan fingerprint density at radius 3 is 2.39 bits per heavy atom. The Balaban J connectivity index is 1.74. The standard InChI is InChI=1S/C21H23BrN2O4/c1-3-15-12-16(22)8-9-18(15)24-20(26)13-28-21(27)11-10-19(25)23-17-7-5-4-6-14(17)2/h4-9,12H,3,10-11,13H2,1-2H3,(H,23,25)(H,24,26). The van der Waals surface area contributed by atoms with Crippen molar-refractivity contribution in [3.63, 3.8) is 0 Å². The lowest BCUT2D eigenvalue weighted by Gasteiger charge is -2.11. The Bertz CT molecular complexity index is 867. The Morgan fingerprint density at radius 2 is 1.68 bits per heavy atom. The number of ether oxygens (including phenoxy) is 1. The van der Waals surface area contributed by atoms with Crippen LogP contribution in [0.3, 0.4) is 0 Å². The third-order valence-corrected chi connectivity index (χ3v) is 4.56. The topological polar surface area (TPSA) is 84.5 Å². The summed E-state index contributed by atoms with van der Waals surface area (Å²) in [5, 5.41) is 5.48. The summed E-state index contributed by atoms with van der Waals surface area (Å²) in [6.07, 6.45) is 0.649. The first-order valence-corrected chi connectivity index (χ1v) is 9.77. The lowest BCUT2D eigenvalue weighted by molar-refractivity contribution is -0.147. The quantitative estimate of drug-likeness (QED) is 0.594. The van der Waals surface area contributed by atoms with Gasteiger partial charge in [-0.1, -0.05) is 41.1 Å². The number of esters is 1. The number of nitrogens with one attached hydrogen (secondary N) is 2. The molecule has 28 heavy (non-hydrogen) atoms. The molecule has 0 saturated heterocycles. The first-order chi connectivity index (χ1) is 13.4. The van der Waals surface area contributed by atoms with E-state index >= 15 is 0 Å². The SMILES string of the molecule is CCc1cc(Br)ccc1NC(=O)COC(=O)CCC(=O)Nc1ccccc1C. The van der Waals surface area contributed by atoms with Gasteiger partial charge in [-0.2, -0.15) is 0 Å². The van der Waals surface area contributed by atoms with Crippen molar-refractivity contribution in [1.82, 2.24) is 0 Å². The van der Waals surface area contributed by atoms with Crippen LogP contribution in [0.4, 0.5) is 11.4 Å². The van der Waals surface area contributed by atoms with Gasteiger partial charge in [-0.15, -0.1) is 0 Å². The molecule has 0 bridgehead atoms. The van der Waals surface area contributed by atoms with Crippen molar-refractivity contribution in [1.29, 1.82) is 0 Å².